The van der Waals surface area contributed by atoms with Gasteiger partial charge in [-0.1, -0.05) is 23.2 Å². The topological polar surface area (TPSA) is 96.2 Å². The van der Waals surface area contributed by atoms with Crippen LogP contribution in [0.15, 0.2) is 18.2 Å². The third-order valence-electron chi connectivity index (χ3n) is 3.52. The number of amides is 3. The highest BCUT2D eigenvalue weighted by molar-refractivity contribution is 7.17. The standard InChI is InChI=1S/C15H14Cl2N4O2S/c16-7-3-8(17)5-9(4-7)20-15(23)21-14-12(13(18)22)10-1-2-19-6-11(10)24-14/h3-5,19H,1-2,6H2,(H2,18,22)(H2,20,21,23). The molecule has 0 saturated heterocycles. The molecule has 24 heavy (non-hydrogen) atoms. The summed E-state index contributed by atoms with van der Waals surface area (Å²) in [7, 11) is 0. The second kappa shape index (κ2) is 6.98. The first-order valence-electron chi connectivity index (χ1n) is 7.13. The van der Waals surface area contributed by atoms with Gasteiger partial charge in [0.05, 0.1) is 5.56 Å². The molecule has 0 bridgehead atoms. The van der Waals surface area contributed by atoms with Crippen molar-refractivity contribution in [2.24, 2.45) is 5.73 Å². The highest BCUT2D eigenvalue weighted by atomic mass is 35.5. The van der Waals surface area contributed by atoms with E-state index in [0.29, 0.717) is 39.3 Å². The van der Waals surface area contributed by atoms with Crippen LogP contribution >= 0.6 is 34.5 Å². The maximum Gasteiger partial charge on any atom is 0.324 e. The molecule has 2 heterocycles. The fourth-order valence-electron chi connectivity index (χ4n) is 2.57. The second-order valence-electron chi connectivity index (χ2n) is 5.24. The van der Waals surface area contributed by atoms with Crippen molar-refractivity contribution in [3.63, 3.8) is 0 Å². The molecule has 1 aliphatic rings. The Kier molecular flexibility index (Phi) is 4.96. The molecule has 0 aliphatic carbocycles. The Morgan fingerprint density at radius 3 is 2.54 bits per heavy atom. The first-order chi connectivity index (χ1) is 11.4. The highest BCUT2D eigenvalue weighted by Gasteiger charge is 2.24. The molecule has 0 saturated carbocycles. The Labute approximate surface area is 152 Å². The smallest absolute Gasteiger partial charge is 0.324 e. The maximum atomic E-state index is 12.2. The number of nitrogens with two attached hydrogens (primary N) is 1. The van der Waals surface area contributed by atoms with Crippen LogP contribution in [0.25, 0.3) is 0 Å². The Morgan fingerprint density at radius 1 is 1.17 bits per heavy atom. The van der Waals surface area contributed by atoms with Crippen LogP contribution in [-0.2, 0) is 13.0 Å². The van der Waals surface area contributed by atoms with Crippen molar-refractivity contribution in [1.82, 2.24) is 5.32 Å². The second-order valence-corrected chi connectivity index (χ2v) is 7.21. The third kappa shape index (κ3) is 3.64. The highest BCUT2D eigenvalue weighted by Crippen LogP contribution is 2.35. The number of carbonyl (C=O) groups is 2. The quantitative estimate of drug-likeness (QED) is 0.652. The summed E-state index contributed by atoms with van der Waals surface area (Å²) in [6.45, 7) is 1.43. The minimum Gasteiger partial charge on any atom is -0.365 e. The van der Waals surface area contributed by atoms with E-state index in [-0.39, 0.29) is 0 Å². The summed E-state index contributed by atoms with van der Waals surface area (Å²) < 4.78 is 0. The van der Waals surface area contributed by atoms with Gasteiger partial charge in [0.15, 0.2) is 0 Å². The monoisotopic (exact) mass is 384 g/mol. The Balaban J connectivity index is 1.81. The van der Waals surface area contributed by atoms with E-state index in [1.165, 1.54) is 11.3 Å². The minimum absolute atomic E-state index is 0.385. The van der Waals surface area contributed by atoms with Gasteiger partial charge < -0.3 is 16.4 Å². The Bertz CT molecular complexity index is 802. The first-order valence-corrected chi connectivity index (χ1v) is 8.70. The normalized spacial score (nSPS) is 13.2. The molecule has 0 spiro atoms. The van der Waals surface area contributed by atoms with Gasteiger partial charge in [-0.15, -0.1) is 11.3 Å². The lowest BCUT2D eigenvalue weighted by Gasteiger charge is -2.13. The average Bonchev–Trinajstić information content (AvgIpc) is 2.83. The van der Waals surface area contributed by atoms with E-state index in [1.54, 1.807) is 18.2 Å². The Morgan fingerprint density at radius 2 is 1.88 bits per heavy atom. The number of benzene rings is 1. The molecule has 9 heteroatoms. The lowest BCUT2D eigenvalue weighted by atomic mass is 10.0. The van der Waals surface area contributed by atoms with Gasteiger partial charge in [0.1, 0.15) is 5.00 Å². The van der Waals surface area contributed by atoms with Crippen molar-refractivity contribution in [3.05, 3.63) is 44.2 Å². The number of halogens is 2. The van der Waals surface area contributed by atoms with Crippen LogP contribution in [0.5, 0.6) is 0 Å². The molecule has 0 radical (unpaired) electrons. The van der Waals surface area contributed by atoms with Gasteiger partial charge in [-0.25, -0.2) is 4.79 Å². The third-order valence-corrected chi connectivity index (χ3v) is 5.11. The van der Waals surface area contributed by atoms with Crippen molar-refractivity contribution >= 4 is 57.2 Å². The van der Waals surface area contributed by atoms with E-state index >= 15 is 0 Å². The van der Waals surface area contributed by atoms with Gasteiger partial charge in [0, 0.05) is 27.2 Å². The lowest BCUT2D eigenvalue weighted by molar-refractivity contribution is 0.100. The zero-order valence-electron chi connectivity index (χ0n) is 12.4. The fourth-order valence-corrected chi connectivity index (χ4v) is 4.32. The van der Waals surface area contributed by atoms with Crippen LogP contribution < -0.4 is 21.7 Å². The molecule has 1 aromatic carbocycles. The summed E-state index contributed by atoms with van der Waals surface area (Å²) in [4.78, 5) is 25.0. The number of primary amides is 1. The summed E-state index contributed by atoms with van der Waals surface area (Å²) in [6, 6.07) is 4.22. The van der Waals surface area contributed by atoms with Gasteiger partial charge >= 0.3 is 6.03 Å². The molecule has 1 aromatic heterocycles. The van der Waals surface area contributed by atoms with Gasteiger partial charge in [0.25, 0.3) is 5.91 Å². The number of hydrogen-bond acceptors (Lipinski definition) is 4. The zero-order valence-corrected chi connectivity index (χ0v) is 14.7. The molecular formula is C15H14Cl2N4O2S. The molecule has 126 valence electrons. The van der Waals surface area contributed by atoms with Crippen molar-refractivity contribution in [1.29, 1.82) is 0 Å². The van der Waals surface area contributed by atoms with E-state index in [0.717, 1.165) is 17.0 Å². The number of carbonyl (C=O) groups excluding carboxylic acids is 2. The molecule has 0 fully saturated rings. The van der Waals surface area contributed by atoms with Crippen LogP contribution in [-0.4, -0.2) is 18.5 Å². The SMILES string of the molecule is NC(=O)c1c(NC(=O)Nc2cc(Cl)cc(Cl)c2)sc2c1CCNC2. The number of fused-ring (bicyclic) bond motifs is 1. The number of rotatable bonds is 3. The summed E-state index contributed by atoms with van der Waals surface area (Å²) in [5, 5.41) is 9.82. The lowest BCUT2D eigenvalue weighted by Crippen LogP contribution is -2.25. The minimum atomic E-state index is -0.546. The molecule has 3 rings (SSSR count). The molecule has 0 atom stereocenters. The molecule has 5 N–H and O–H groups in total. The van der Waals surface area contributed by atoms with Gasteiger partial charge in [0.2, 0.25) is 0 Å². The number of nitrogens with one attached hydrogen (secondary N) is 3. The van der Waals surface area contributed by atoms with Gasteiger partial charge in [-0.05, 0) is 36.7 Å². The maximum absolute atomic E-state index is 12.2. The molecule has 1 aliphatic heterocycles. The molecule has 2 aromatic rings. The van der Waals surface area contributed by atoms with Crippen LogP contribution in [0.3, 0.4) is 0 Å². The van der Waals surface area contributed by atoms with Gasteiger partial charge in [-0.2, -0.15) is 0 Å². The fraction of sp³-hybridized carbons (Fsp3) is 0.200. The van der Waals surface area contributed by atoms with Crippen molar-refractivity contribution in [2.45, 2.75) is 13.0 Å². The summed E-state index contributed by atoms with van der Waals surface area (Å²) in [5.74, 6) is -0.546. The van der Waals surface area contributed by atoms with Gasteiger partial charge in [-0.3, -0.25) is 10.1 Å². The molecular weight excluding hydrogens is 371 g/mol. The molecule has 3 amide bonds. The predicted molar refractivity (Wildman–Crippen MR) is 97.4 cm³/mol. The van der Waals surface area contributed by atoms with Crippen LogP contribution in [0, 0.1) is 0 Å². The zero-order chi connectivity index (χ0) is 17.3. The van der Waals surface area contributed by atoms with Crippen LogP contribution in [0.1, 0.15) is 20.8 Å². The average molecular weight is 385 g/mol. The summed E-state index contributed by atoms with van der Waals surface area (Å²) in [5.41, 5.74) is 7.24. The van der Waals surface area contributed by atoms with E-state index in [9.17, 15) is 9.59 Å². The number of hydrogen-bond donors (Lipinski definition) is 4. The summed E-state index contributed by atoms with van der Waals surface area (Å²) in [6.07, 6.45) is 0.706. The van der Waals surface area contributed by atoms with Crippen LogP contribution in [0.4, 0.5) is 15.5 Å². The van der Waals surface area contributed by atoms with Crippen molar-refractivity contribution < 1.29 is 9.59 Å². The molecule has 6 nitrogen and oxygen atoms in total. The number of thiophene rings is 1. The Hall–Kier alpha value is -1.80. The largest absolute Gasteiger partial charge is 0.365 e. The van der Waals surface area contributed by atoms with E-state index in [1.807, 2.05) is 0 Å². The van der Waals surface area contributed by atoms with E-state index in [2.05, 4.69) is 16.0 Å². The van der Waals surface area contributed by atoms with Crippen LogP contribution in [0.2, 0.25) is 10.0 Å². The predicted octanol–water partition coefficient (Wildman–Crippen LogP) is 3.44. The number of anilines is 2. The van der Waals surface area contributed by atoms with E-state index in [4.69, 9.17) is 28.9 Å². The van der Waals surface area contributed by atoms with Crippen molar-refractivity contribution in [2.75, 3.05) is 17.2 Å². The molecule has 0 unspecified atom stereocenters. The first kappa shape index (κ1) is 17.0. The van der Waals surface area contributed by atoms with Crippen molar-refractivity contribution in [3.8, 4) is 0 Å². The van der Waals surface area contributed by atoms with E-state index < -0.39 is 11.9 Å². The summed E-state index contributed by atoms with van der Waals surface area (Å²) >= 11 is 13.2. The number of urea groups is 1.